The van der Waals surface area contributed by atoms with Crippen LogP contribution in [0.2, 0.25) is 0 Å². The molecule has 23 heavy (non-hydrogen) atoms. The Kier molecular flexibility index (Phi) is 4.85. The molecule has 0 fully saturated rings. The van der Waals surface area contributed by atoms with Gasteiger partial charge in [0.1, 0.15) is 0 Å². The molecule has 1 aromatic carbocycles. The molecule has 2 rings (SSSR count). The molecule has 3 N–H and O–H groups in total. The third-order valence-corrected chi connectivity index (χ3v) is 3.13. The van der Waals surface area contributed by atoms with Crippen molar-refractivity contribution < 1.29 is 23.1 Å². The Labute approximate surface area is 128 Å². The van der Waals surface area contributed by atoms with E-state index in [9.17, 15) is 27.9 Å². The normalized spacial score (nSPS) is 12.7. The average Bonchev–Trinajstić information content (AvgIpc) is 2.52. The first-order valence-electron chi connectivity index (χ1n) is 6.60. The van der Waals surface area contributed by atoms with Gasteiger partial charge < -0.3 is 15.4 Å². The van der Waals surface area contributed by atoms with Gasteiger partial charge in [-0.2, -0.15) is 13.2 Å². The standard InChI is InChI=1S/C15H13F3N2O3/c16-15(17,18)11-4-2-1-3-10(11)12(21)8-20-14(23)9-5-6-13(22)19-7-9/h1-7,12,21H,8H2,(H,19,22)(H,20,23)/t12-/m0/s1. The third-order valence-electron chi connectivity index (χ3n) is 3.13. The van der Waals surface area contributed by atoms with E-state index in [1.54, 1.807) is 0 Å². The maximum Gasteiger partial charge on any atom is 0.416 e. The smallest absolute Gasteiger partial charge is 0.387 e. The second-order valence-electron chi connectivity index (χ2n) is 4.75. The van der Waals surface area contributed by atoms with Crippen molar-refractivity contribution in [2.75, 3.05) is 6.54 Å². The highest BCUT2D eigenvalue weighted by atomic mass is 19.4. The van der Waals surface area contributed by atoms with Crippen LogP contribution < -0.4 is 10.9 Å². The van der Waals surface area contributed by atoms with Crippen LogP contribution in [0.5, 0.6) is 0 Å². The van der Waals surface area contributed by atoms with E-state index in [0.717, 1.165) is 18.2 Å². The summed E-state index contributed by atoms with van der Waals surface area (Å²) in [5, 5.41) is 12.2. The number of halogens is 3. The van der Waals surface area contributed by atoms with Gasteiger partial charge in [0.05, 0.1) is 17.2 Å². The molecular formula is C15H13F3N2O3. The van der Waals surface area contributed by atoms with Gasteiger partial charge in [-0.25, -0.2) is 0 Å². The second kappa shape index (κ2) is 6.66. The number of amides is 1. The van der Waals surface area contributed by atoms with Crippen molar-refractivity contribution in [3.8, 4) is 0 Å². The van der Waals surface area contributed by atoms with Crippen molar-refractivity contribution in [1.82, 2.24) is 10.3 Å². The highest BCUT2D eigenvalue weighted by molar-refractivity contribution is 5.93. The lowest BCUT2D eigenvalue weighted by molar-refractivity contribution is -0.139. The fourth-order valence-electron chi connectivity index (χ4n) is 2.00. The molecule has 0 saturated heterocycles. The monoisotopic (exact) mass is 326 g/mol. The second-order valence-corrected chi connectivity index (χ2v) is 4.75. The number of rotatable bonds is 4. The van der Waals surface area contributed by atoms with Gasteiger partial charge in [-0.1, -0.05) is 18.2 Å². The van der Waals surface area contributed by atoms with E-state index < -0.39 is 30.3 Å². The number of hydrogen-bond acceptors (Lipinski definition) is 3. The quantitative estimate of drug-likeness (QED) is 0.802. The molecule has 1 atom stereocenters. The van der Waals surface area contributed by atoms with E-state index in [1.165, 1.54) is 24.4 Å². The van der Waals surface area contributed by atoms with Gasteiger partial charge in [-0.15, -0.1) is 0 Å². The fraction of sp³-hybridized carbons (Fsp3) is 0.200. The Balaban J connectivity index is 2.08. The first-order valence-corrected chi connectivity index (χ1v) is 6.60. The number of hydrogen-bond donors (Lipinski definition) is 3. The Hall–Kier alpha value is -2.61. The molecule has 122 valence electrons. The molecule has 0 unspecified atom stereocenters. The number of nitrogens with one attached hydrogen (secondary N) is 2. The molecule has 0 saturated carbocycles. The molecule has 0 aliphatic carbocycles. The zero-order chi connectivity index (χ0) is 17.0. The maximum absolute atomic E-state index is 12.9. The molecular weight excluding hydrogens is 313 g/mol. The van der Waals surface area contributed by atoms with E-state index in [-0.39, 0.29) is 16.7 Å². The van der Waals surface area contributed by atoms with Gasteiger partial charge >= 0.3 is 6.18 Å². The van der Waals surface area contributed by atoms with E-state index in [0.29, 0.717) is 0 Å². The molecule has 1 aromatic heterocycles. The highest BCUT2D eigenvalue weighted by Crippen LogP contribution is 2.34. The number of aromatic amines is 1. The maximum atomic E-state index is 12.9. The van der Waals surface area contributed by atoms with Crippen LogP contribution in [0.4, 0.5) is 13.2 Å². The summed E-state index contributed by atoms with van der Waals surface area (Å²) in [6.07, 6.45) is -4.94. The van der Waals surface area contributed by atoms with Gasteiger partial charge in [-0.05, 0) is 17.7 Å². The Morgan fingerprint density at radius 3 is 2.52 bits per heavy atom. The lowest BCUT2D eigenvalue weighted by Crippen LogP contribution is -2.29. The van der Waals surface area contributed by atoms with Crippen LogP contribution in [0, 0.1) is 0 Å². The summed E-state index contributed by atoms with van der Waals surface area (Å²) >= 11 is 0. The van der Waals surface area contributed by atoms with Gasteiger partial charge in [-0.3, -0.25) is 9.59 Å². The third kappa shape index (κ3) is 4.19. The van der Waals surface area contributed by atoms with Crippen molar-refractivity contribution in [3.05, 3.63) is 69.6 Å². The summed E-state index contributed by atoms with van der Waals surface area (Å²) in [4.78, 5) is 25.0. The van der Waals surface area contributed by atoms with Gasteiger partial charge in [0.25, 0.3) is 5.91 Å². The average molecular weight is 326 g/mol. The number of H-pyrrole nitrogens is 1. The largest absolute Gasteiger partial charge is 0.416 e. The van der Waals surface area contributed by atoms with Crippen LogP contribution in [-0.2, 0) is 6.18 Å². The van der Waals surface area contributed by atoms with Crippen LogP contribution in [0.3, 0.4) is 0 Å². The first-order chi connectivity index (χ1) is 10.8. The number of aromatic nitrogens is 1. The van der Waals surface area contributed by atoms with Crippen molar-refractivity contribution >= 4 is 5.91 Å². The summed E-state index contributed by atoms with van der Waals surface area (Å²) in [5.74, 6) is -0.621. The van der Waals surface area contributed by atoms with Crippen molar-refractivity contribution in [3.63, 3.8) is 0 Å². The van der Waals surface area contributed by atoms with Crippen molar-refractivity contribution in [1.29, 1.82) is 0 Å². The Morgan fingerprint density at radius 2 is 1.91 bits per heavy atom. The minimum absolute atomic E-state index is 0.126. The van der Waals surface area contributed by atoms with E-state index in [2.05, 4.69) is 10.3 Å². The van der Waals surface area contributed by atoms with Crippen LogP contribution in [0.25, 0.3) is 0 Å². The Morgan fingerprint density at radius 1 is 1.22 bits per heavy atom. The number of aliphatic hydroxyl groups is 1. The lowest BCUT2D eigenvalue weighted by atomic mass is 10.0. The van der Waals surface area contributed by atoms with E-state index in [4.69, 9.17) is 0 Å². The molecule has 0 spiro atoms. The summed E-state index contributed by atoms with van der Waals surface area (Å²) < 4.78 is 38.6. The topological polar surface area (TPSA) is 82.2 Å². The van der Waals surface area contributed by atoms with E-state index in [1.807, 2.05) is 0 Å². The first kappa shape index (κ1) is 16.8. The molecule has 0 radical (unpaired) electrons. The van der Waals surface area contributed by atoms with Crippen LogP contribution in [0.15, 0.2) is 47.4 Å². The minimum atomic E-state index is -4.60. The molecule has 0 aliphatic rings. The summed E-state index contributed by atoms with van der Waals surface area (Å²) in [7, 11) is 0. The van der Waals surface area contributed by atoms with Crippen LogP contribution >= 0.6 is 0 Å². The van der Waals surface area contributed by atoms with Gasteiger partial charge in [0.2, 0.25) is 5.56 Å². The minimum Gasteiger partial charge on any atom is -0.387 e. The SMILES string of the molecule is O=C(NC[C@H](O)c1ccccc1C(F)(F)F)c1ccc(=O)[nH]c1. The number of alkyl halides is 3. The summed E-state index contributed by atoms with van der Waals surface area (Å²) in [5.41, 5.74) is -1.53. The zero-order valence-electron chi connectivity index (χ0n) is 11.7. The Bertz CT molecular complexity index is 736. The number of carbonyl (C=O) groups excluding carboxylic acids is 1. The van der Waals surface area contributed by atoms with Crippen molar-refractivity contribution in [2.24, 2.45) is 0 Å². The zero-order valence-corrected chi connectivity index (χ0v) is 11.7. The van der Waals surface area contributed by atoms with Gasteiger partial charge in [0.15, 0.2) is 0 Å². The predicted octanol–water partition coefficient (Wildman–Crippen LogP) is 1.86. The summed E-state index contributed by atoms with van der Waals surface area (Å²) in [6.45, 7) is -0.398. The van der Waals surface area contributed by atoms with Crippen LogP contribution in [-0.4, -0.2) is 22.5 Å². The van der Waals surface area contributed by atoms with E-state index >= 15 is 0 Å². The molecule has 0 aliphatic heterocycles. The molecule has 8 heteroatoms. The molecule has 0 bridgehead atoms. The number of aliphatic hydroxyl groups excluding tert-OH is 1. The molecule has 1 amide bonds. The number of carbonyl (C=O) groups is 1. The number of benzene rings is 1. The molecule has 1 heterocycles. The van der Waals surface area contributed by atoms with Crippen LogP contribution in [0.1, 0.15) is 27.6 Å². The molecule has 2 aromatic rings. The fourth-order valence-corrected chi connectivity index (χ4v) is 2.00. The van der Waals surface area contributed by atoms with Gasteiger partial charge in [0, 0.05) is 18.8 Å². The summed E-state index contributed by atoms with van der Waals surface area (Å²) in [6, 6.07) is 7.02. The number of pyridine rings is 1. The molecule has 5 nitrogen and oxygen atoms in total. The van der Waals surface area contributed by atoms with Crippen molar-refractivity contribution in [2.45, 2.75) is 12.3 Å². The lowest BCUT2D eigenvalue weighted by Gasteiger charge is -2.17. The predicted molar refractivity (Wildman–Crippen MR) is 75.8 cm³/mol. The highest BCUT2D eigenvalue weighted by Gasteiger charge is 2.34.